The molecule has 0 spiro atoms. The molecule has 13 heavy (non-hydrogen) atoms. The Morgan fingerprint density at radius 3 is 2.69 bits per heavy atom. The highest BCUT2D eigenvalue weighted by Crippen LogP contribution is 2.34. The monoisotopic (exact) mass is 183 g/mol. The Morgan fingerprint density at radius 2 is 2.08 bits per heavy atom. The normalized spacial score (nSPS) is 30.4. The van der Waals surface area contributed by atoms with Crippen LogP contribution >= 0.6 is 0 Å². The van der Waals surface area contributed by atoms with Crippen LogP contribution in [0, 0.1) is 5.92 Å². The Bertz CT molecular complexity index is 201. The number of piperidine rings is 1. The highest BCUT2D eigenvalue weighted by Gasteiger charge is 2.38. The Balaban J connectivity index is 1.96. The van der Waals surface area contributed by atoms with Gasteiger partial charge in [0.15, 0.2) is 5.78 Å². The number of carbonyl (C=O) groups is 1. The summed E-state index contributed by atoms with van der Waals surface area (Å²) < 4.78 is 0. The van der Waals surface area contributed by atoms with Crippen LogP contribution < -0.4 is 0 Å². The van der Waals surface area contributed by atoms with Gasteiger partial charge in [-0.05, 0) is 32.1 Å². The third-order valence-corrected chi connectivity index (χ3v) is 3.00. The van der Waals surface area contributed by atoms with E-state index in [0.717, 1.165) is 32.2 Å². The minimum atomic E-state index is 0.0613. The standard InChI is InChI=1S/C10H17NO2/c1-13-11-7-3-2-4-9(11)10(12)8-5-6-8/h8-9H,2-7H2,1H3. The Hall–Kier alpha value is -0.410. The summed E-state index contributed by atoms with van der Waals surface area (Å²) in [6, 6.07) is 0.0613. The summed E-state index contributed by atoms with van der Waals surface area (Å²) in [5.74, 6) is 0.780. The van der Waals surface area contributed by atoms with E-state index in [9.17, 15) is 4.79 Å². The molecule has 0 aromatic carbocycles. The zero-order chi connectivity index (χ0) is 9.26. The second kappa shape index (κ2) is 3.76. The molecule has 0 N–H and O–H groups in total. The van der Waals surface area contributed by atoms with E-state index >= 15 is 0 Å². The Kier molecular flexibility index (Phi) is 2.65. The molecular formula is C10H17NO2. The van der Waals surface area contributed by atoms with E-state index in [1.807, 2.05) is 5.06 Å². The van der Waals surface area contributed by atoms with Crippen molar-refractivity contribution >= 4 is 5.78 Å². The molecule has 1 atom stereocenters. The first-order chi connectivity index (χ1) is 6.33. The van der Waals surface area contributed by atoms with Gasteiger partial charge in [0.2, 0.25) is 0 Å². The maximum atomic E-state index is 11.8. The molecule has 0 aromatic rings. The van der Waals surface area contributed by atoms with E-state index in [0.29, 0.717) is 11.7 Å². The van der Waals surface area contributed by atoms with Crippen molar-refractivity contribution in [1.82, 2.24) is 5.06 Å². The zero-order valence-corrected chi connectivity index (χ0v) is 8.16. The van der Waals surface area contributed by atoms with Crippen molar-refractivity contribution in [1.29, 1.82) is 0 Å². The van der Waals surface area contributed by atoms with Gasteiger partial charge < -0.3 is 4.84 Å². The van der Waals surface area contributed by atoms with Gasteiger partial charge in [-0.1, -0.05) is 0 Å². The first kappa shape index (κ1) is 9.16. The quantitative estimate of drug-likeness (QED) is 0.662. The molecule has 0 aromatic heterocycles. The predicted octanol–water partition coefficient (Wildman–Crippen LogP) is 1.38. The molecule has 2 fully saturated rings. The second-order valence-corrected chi connectivity index (χ2v) is 4.01. The van der Waals surface area contributed by atoms with Gasteiger partial charge in [0.05, 0.1) is 13.2 Å². The van der Waals surface area contributed by atoms with Gasteiger partial charge >= 0.3 is 0 Å². The van der Waals surface area contributed by atoms with Crippen molar-refractivity contribution in [3.8, 4) is 0 Å². The lowest BCUT2D eigenvalue weighted by Gasteiger charge is -2.32. The highest BCUT2D eigenvalue weighted by molar-refractivity contribution is 5.88. The maximum absolute atomic E-state index is 11.8. The number of ketones is 1. The van der Waals surface area contributed by atoms with Gasteiger partial charge in [0.25, 0.3) is 0 Å². The summed E-state index contributed by atoms with van der Waals surface area (Å²) in [5.41, 5.74) is 0. The van der Waals surface area contributed by atoms with E-state index in [4.69, 9.17) is 4.84 Å². The van der Waals surface area contributed by atoms with Crippen molar-refractivity contribution in [3.63, 3.8) is 0 Å². The summed E-state index contributed by atoms with van der Waals surface area (Å²) in [7, 11) is 1.67. The van der Waals surface area contributed by atoms with Crippen LogP contribution in [0.4, 0.5) is 0 Å². The highest BCUT2D eigenvalue weighted by atomic mass is 16.7. The summed E-state index contributed by atoms with van der Waals surface area (Å²) in [6.45, 7) is 0.916. The number of carbonyl (C=O) groups excluding carboxylic acids is 1. The Morgan fingerprint density at radius 1 is 1.31 bits per heavy atom. The number of hydroxylamine groups is 2. The molecule has 2 rings (SSSR count). The van der Waals surface area contributed by atoms with Crippen LogP contribution in [-0.4, -0.2) is 30.5 Å². The molecule has 0 radical (unpaired) electrons. The van der Waals surface area contributed by atoms with Crippen molar-refractivity contribution in [3.05, 3.63) is 0 Å². The molecule has 1 heterocycles. The smallest absolute Gasteiger partial charge is 0.155 e. The van der Waals surface area contributed by atoms with Gasteiger partial charge in [0, 0.05) is 12.5 Å². The number of hydrogen-bond acceptors (Lipinski definition) is 3. The third kappa shape index (κ3) is 1.92. The van der Waals surface area contributed by atoms with Crippen molar-refractivity contribution < 1.29 is 9.63 Å². The first-order valence-electron chi connectivity index (χ1n) is 5.17. The van der Waals surface area contributed by atoms with Gasteiger partial charge in [-0.3, -0.25) is 4.79 Å². The maximum Gasteiger partial charge on any atom is 0.155 e. The van der Waals surface area contributed by atoms with Gasteiger partial charge in [-0.2, -0.15) is 5.06 Å². The topological polar surface area (TPSA) is 29.5 Å². The average molecular weight is 183 g/mol. The first-order valence-corrected chi connectivity index (χ1v) is 5.17. The van der Waals surface area contributed by atoms with Crippen molar-refractivity contribution in [2.24, 2.45) is 5.92 Å². The molecule has 1 unspecified atom stereocenters. The molecular weight excluding hydrogens is 166 g/mol. The van der Waals surface area contributed by atoms with Crippen LogP contribution in [0.5, 0.6) is 0 Å². The molecule has 2 aliphatic rings. The van der Waals surface area contributed by atoms with Crippen LogP contribution in [0.3, 0.4) is 0 Å². The molecule has 3 nitrogen and oxygen atoms in total. The summed E-state index contributed by atoms with van der Waals surface area (Å²) in [4.78, 5) is 17.0. The number of hydrogen-bond donors (Lipinski definition) is 0. The molecule has 0 amide bonds. The van der Waals surface area contributed by atoms with Gasteiger partial charge in [-0.15, -0.1) is 0 Å². The van der Waals surface area contributed by atoms with Crippen LogP contribution in [0.15, 0.2) is 0 Å². The van der Waals surface area contributed by atoms with E-state index in [1.54, 1.807) is 7.11 Å². The third-order valence-electron chi connectivity index (χ3n) is 3.00. The summed E-state index contributed by atoms with van der Waals surface area (Å²) in [5, 5.41) is 1.87. The van der Waals surface area contributed by atoms with Crippen LogP contribution in [0.25, 0.3) is 0 Å². The van der Waals surface area contributed by atoms with Gasteiger partial charge in [0.1, 0.15) is 0 Å². The molecule has 1 saturated heterocycles. The van der Waals surface area contributed by atoms with Crippen molar-refractivity contribution in [2.75, 3.05) is 13.7 Å². The van der Waals surface area contributed by atoms with E-state index in [-0.39, 0.29) is 6.04 Å². The number of Topliss-reactive ketones (excluding diaryl/α,β-unsaturated/α-hetero) is 1. The number of nitrogens with zero attached hydrogens (tertiary/aromatic N) is 1. The summed E-state index contributed by atoms with van der Waals surface area (Å²) in [6.07, 6.45) is 5.52. The SMILES string of the molecule is CON1CCCCC1C(=O)C1CC1. The van der Waals surface area contributed by atoms with E-state index < -0.39 is 0 Å². The predicted molar refractivity (Wildman–Crippen MR) is 49.1 cm³/mol. The molecule has 3 heteroatoms. The van der Waals surface area contributed by atoms with Crippen LogP contribution in [-0.2, 0) is 9.63 Å². The molecule has 74 valence electrons. The largest absolute Gasteiger partial charge is 0.302 e. The van der Waals surface area contributed by atoms with Crippen LogP contribution in [0.1, 0.15) is 32.1 Å². The lowest BCUT2D eigenvalue weighted by Crippen LogP contribution is -2.44. The van der Waals surface area contributed by atoms with E-state index in [2.05, 4.69) is 0 Å². The summed E-state index contributed by atoms with van der Waals surface area (Å²) >= 11 is 0. The van der Waals surface area contributed by atoms with Crippen molar-refractivity contribution in [2.45, 2.75) is 38.1 Å². The van der Waals surface area contributed by atoms with Gasteiger partial charge in [-0.25, -0.2) is 0 Å². The second-order valence-electron chi connectivity index (χ2n) is 4.01. The van der Waals surface area contributed by atoms with E-state index in [1.165, 1.54) is 6.42 Å². The fourth-order valence-corrected chi connectivity index (χ4v) is 2.05. The number of rotatable bonds is 3. The minimum absolute atomic E-state index is 0.0613. The fraction of sp³-hybridized carbons (Fsp3) is 0.900. The lowest BCUT2D eigenvalue weighted by molar-refractivity contribution is -0.181. The molecule has 1 saturated carbocycles. The molecule has 1 aliphatic carbocycles. The molecule has 1 aliphatic heterocycles. The Labute approximate surface area is 79.0 Å². The lowest BCUT2D eigenvalue weighted by atomic mass is 9.98. The fourth-order valence-electron chi connectivity index (χ4n) is 2.05. The molecule has 0 bridgehead atoms. The minimum Gasteiger partial charge on any atom is -0.302 e. The average Bonchev–Trinajstić information content (AvgIpc) is 3.00. The zero-order valence-electron chi connectivity index (χ0n) is 8.16. The van der Waals surface area contributed by atoms with Crippen LogP contribution in [0.2, 0.25) is 0 Å².